The van der Waals surface area contributed by atoms with E-state index in [-0.39, 0.29) is 4.90 Å². The molecule has 0 aliphatic rings. The molecule has 6 nitrogen and oxygen atoms in total. The second kappa shape index (κ2) is 10.8. The lowest BCUT2D eigenvalue weighted by Gasteiger charge is -2.22. The Labute approximate surface area is 176 Å². The van der Waals surface area contributed by atoms with E-state index in [1.165, 1.54) is 12.1 Å². The third-order valence-electron chi connectivity index (χ3n) is 4.00. The van der Waals surface area contributed by atoms with E-state index < -0.39 is 10.0 Å². The van der Waals surface area contributed by atoms with Crippen LogP contribution in [0.15, 0.2) is 47.4 Å². The number of nitrogens with zero attached hydrogens (tertiary/aromatic N) is 1. The average Bonchev–Trinajstić information content (AvgIpc) is 2.64. The SMILES string of the molecule is CCOc1ccc(NS(=O)(=O)c2ccc(N)cc2)cc1CN(CCCl)CCCl. The second-order valence-corrected chi connectivity index (χ2v) is 8.52. The number of nitrogens with two attached hydrogens (primary N) is 1. The summed E-state index contributed by atoms with van der Waals surface area (Å²) in [6, 6.07) is 11.2. The molecule has 28 heavy (non-hydrogen) atoms. The maximum Gasteiger partial charge on any atom is 0.261 e. The summed E-state index contributed by atoms with van der Waals surface area (Å²) < 4.78 is 33.6. The fraction of sp³-hybridized carbons (Fsp3) is 0.368. The standard InChI is InChI=1S/C19H25Cl2N3O3S/c1-2-27-19-8-5-17(13-15(19)14-24(11-9-20)12-10-21)23-28(25,26)18-6-3-16(22)4-7-18/h3-8,13,23H,2,9-12,14,22H2,1H3. The van der Waals surface area contributed by atoms with Crippen molar-refractivity contribution in [2.75, 3.05) is 41.9 Å². The molecule has 0 saturated heterocycles. The highest BCUT2D eigenvalue weighted by atomic mass is 35.5. The Bertz CT molecular complexity index is 855. The molecule has 2 aromatic carbocycles. The van der Waals surface area contributed by atoms with E-state index in [1.807, 2.05) is 6.92 Å². The fourth-order valence-corrected chi connectivity index (χ4v) is 4.20. The zero-order chi connectivity index (χ0) is 20.6. The van der Waals surface area contributed by atoms with Crippen LogP contribution >= 0.6 is 23.2 Å². The van der Waals surface area contributed by atoms with Gasteiger partial charge >= 0.3 is 0 Å². The lowest BCUT2D eigenvalue weighted by Crippen LogP contribution is -2.27. The molecule has 0 unspecified atom stereocenters. The zero-order valence-corrected chi connectivity index (χ0v) is 18.0. The molecule has 2 aromatic rings. The van der Waals surface area contributed by atoms with Crippen molar-refractivity contribution in [2.45, 2.75) is 18.4 Å². The van der Waals surface area contributed by atoms with Crippen LogP contribution in [-0.4, -0.2) is 44.8 Å². The van der Waals surface area contributed by atoms with Crippen molar-refractivity contribution in [2.24, 2.45) is 0 Å². The number of anilines is 2. The smallest absolute Gasteiger partial charge is 0.261 e. The maximum absolute atomic E-state index is 12.6. The van der Waals surface area contributed by atoms with Crippen LogP contribution in [0.4, 0.5) is 11.4 Å². The molecule has 154 valence electrons. The van der Waals surface area contributed by atoms with Crippen molar-refractivity contribution < 1.29 is 13.2 Å². The maximum atomic E-state index is 12.6. The highest BCUT2D eigenvalue weighted by molar-refractivity contribution is 7.92. The molecular weight excluding hydrogens is 421 g/mol. The van der Waals surface area contributed by atoms with E-state index in [0.29, 0.717) is 55.1 Å². The first-order chi connectivity index (χ1) is 13.4. The van der Waals surface area contributed by atoms with E-state index in [4.69, 9.17) is 33.7 Å². The topological polar surface area (TPSA) is 84.7 Å². The molecule has 9 heteroatoms. The first-order valence-electron chi connectivity index (χ1n) is 8.88. The number of nitrogen functional groups attached to an aromatic ring is 1. The van der Waals surface area contributed by atoms with E-state index in [0.717, 1.165) is 5.56 Å². The highest BCUT2D eigenvalue weighted by Gasteiger charge is 2.16. The van der Waals surface area contributed by atoms with Gasteiger partial charge in [0.05, 0.1) is 11.5 Å². The van der Waals surface area contributed by atoms with Gasteiger partial charge in [-0.15, -0.1) is 23.2 Å². The Morgan fingerprint density at radius 3 is 2.29 bits per heavy atom. The van der Waals surface area contributed by atoms with Crippen molar-refractivity contribution in [3.8, 4) is 5.75 Å². The summed E-state index contributed by atoms with van der Waals surface area (Å²) in [5.74, 6) is 1.65. The first kappa shape index (κ1) is 22.6. The third kappa shape index (κ3) is 6.44. The Morgan fingerprint density at radius 2 is 1.71 bits per heavy atom. The van der Waals surface area contributed by atoms with Crippen LogP contribution in [0.3, 0.4) is 0 Å². The van der Waals surface area contributed by atoms with Crippen molar-refractivity contribution in [1.29, 1.82) is 0 Å². The minimum atomic E-state index is -3.72. The molecule has 2 rings (SSSR count). The predicted molar refractivity (Wildman–Crippen MR) is 116 cm³/mol. The van der Waals surface area contributed by atoms with Gasteiger partial charge in [-0.3, -0.25) is 9.62 Å². The molecule has 0 saturated carbocycles. The largest absolute Gasteiger partial charge is 0.494 e. The summed E-state index contributed by atoms with van der Waals surface area (Å²) in [7, 11) is -3.72. The van der Waals surface area contributed by atoms with Crippen LogP contribution in [0.5, 0.6) is 5.75 Å². The minimum absolute atomic E-state index is 0.142. The molecule has 0 heterocycles. The van der Waals surface area contributed by atoms with E-state index in [2.05, 4.69) is 9.62 Å². The molecule has 0 aliphatic carbocycles. The Balaban J connectivity index is 2.28. The van der Waals surface area contributed by atoms with Crippen molar-refractivity contribution in [3.05, 3.63) is 48.0 Å². The fourth-order valence-electron chi connectivity index (χ4n) is 2.67. The molecule has 0 aromatic heterocycles. The molecule has 0 aliphatic heterocycles. The monoisotopic (exact) mass is 445 g/mol. The predicted octanol–water partition coefficient (Wildman–Crippen LogP) is 3.75. The number of rotatable bonds is 11. The Morgan fingerprint density at radius 1 is 1.07 bits per heavy atom. The summed E-state index contributed by atoms with van der Waals surface area (Å²) in [6.07, 6.45) is 0. The van der Waals surface area contributed by atoms with Gasteiger partial charge in [0.1, 0.15) is 5.75 Å². The van der Waals surface area contributed by atoms with Gasteiger partial charge in [-0.2, -0.15) is 0 Å². The Hall–Kier alpha value is -1.67. The minimum Gasteiger partial charge on any atom is -0.494 e. The quantitative estimate of drug-likeness (QED) is 0.406. The van der Waals surface area contributed by atoms with Crippen molar-refractivity contribution in [1.82, 2.24) is 4.90 Å². The van der Waals surface area contributed by atoms with Crippen LogP contribution in [-0.2, 0) is 16.6 Å². The molecule has 0 fully saturated rings. The van der Waals surface area contributed by atoms with Gasteiger partial charge in [-0.25, -0.2) is 8.42 Å². The van der Waals surface area contributed by atoms with E-state index in [1.54, 1.807) is 30.3 Å². The number of halogens is 2. The number of alkyl halides is 2. The van der Waals surface area contributed by atoms with Gasteiger partial charge in [-0.1, -0.05) is 0 Å². The van der Waals surface area contributed by atoms with Gasteiger partial charge in [0.25, 0.3) is 10.0 Å². The molecule has 0 spiro atoms. The summed E-state index contributed by atoms with van der Waals surface area (Å²) in [5.41, 5.74) is 7.44. The molecule has 0 radical (unpaired) electrons. The van der Waals surface area contributed by atoms with Gasteiger partial charge in [0, 0.05) is 48.3 Å². The van der Waals surface area contributed by atoms with Crippen LogP contribution in [0.25, 0.3) is 0 Å². The number of nitrogens with one attached hydrogen (secondary N) is 1. The summed E-state index contributed by atoms with van der Waals surface area (Å²) in [4.78, 5) is 2.24. The van der Waals surface area contributed by atoms with Crippen molar-refractivity contribution in [3.63, 3.8) is 0 Å². The number of hydrogen-bond donors (Lipinski definition) is 2. The summed E-state index contributed by atoms with van der Waals surface area (Å²) >= 11 is 11.8. The molecular formula is C19H25Cl2N3O3S. The van der Waals surface area contributed by atoms with Crippen molar-refractivity contribution >= 4 is 44.6 Å². The number of sulfonamides is 1. The van der Waals surface area contributed by atoms with Crippen LogP contribution in [0, 0.1) is 0 Å². The lowest BCUT2D eigenvalue weighted by molar-refractivity contribution is 0.285. The number of ether oxygens (including phenoxy) is 1. The first-order valence-corrected chi connectivity index (χ1v) is 11.4. The number of benzene rings is 2. The second-order valence-electron chi connectivity index (χ2n) is 6.08. The van der Waals surface area contributed by atoms with Crippen LogP contribution < -0.4 is 15.2 Å². The zero-order valence-electron chi connectivity index (χ0n) is 15.7. The number of hydrogen-bond acceptors (Lipinski definition) is 5. The molecule has 0 atom stereocenters. The summed E-state index contributed by atoms with van der Waals surface area (Å²) in [6.45, 7) is 4.29. The average molecular weight is 446 g/mol. The van der Waals surface area contributed by atoms with Gasteiger partial charge in [0.2, 0.25) is 0 Å². The lowest BCUT2D eigenvalue weighted by atomic mass is 10.1. The van der Waals surface area contributed by atoms with Gasteiger partial charge in [0.15, 0.2) is 0 Å². The summed E-state index contributed by atoms with van der Waals surface area (Å²) in [5, 5.41) is 0. The molecule has 0 amide bonds. The molecule has 3 N–H and O–H groups in total. The highest BCUT2D eigenvalue weighted by Crippen LogP contribution is 2.26. The van der Waals surface area contributed by atoms with E-state index >= 15 is 0 Å². The normalized spacial score (nSPS) is 11.6. The van der Waals surface area contributed by atoms with Crippen LogP contribution in [0.2, 0.25) is 0 Å². The third-order valence-corrected chi connectivity index (χ3v) is 5.73. The molecule has 0 bridgehead atoms. The van der Waals surface area contributed by atoms with E-state index in [9.17, 15) is 8.42 Å². The van der Waals surface area contributed by atoms with Gasteiger partial charge < -0.3 is 10.5 Å². The Kier molecular flexibility index (Phi) is 8.69. The van der Waals surface area contributed by atoms with Crippen LogP contribution in [0.1, 0.15) is 12.5 Å². The van der Waals surface area contributed by atoms with Gasteiger partial charge in [-0.05, 0) is 49.4 Å².